The fourth-order valence-corrected chi connectivity index (χ4v) is 2.13. The number of amides is 3. The summed E-state index contributed by atoms with van der Waals surface area (Å²) in [4.78, 5) is 40.2. The first kappa shape index (κ1) is 16.0. The van der Waals surface area contributed by atoms with Crippen LogP contribution in [0.25, 0.3) is 0 Å². The van der Waals surface area contributed by atoms with Crippen LogP contribution in [0.15, 0.2) is 12.1 Å². The molecule has 2 rings (SSSR count). The van der Waals surface area contributed by atoms with Crippen molar-refractivity contribution in [2.75, 3.05) is 12.4 Å². The predicted molar refractivity (Wildman–Crippen MR) is 66.5 cm³/mol. The highest BCUT2D eigenvalue weighted by Gasteiger charge is 2.50. The number of hydrogen-bond acceptors (Lipinski definition) is 4. The molecule has 6 nitrogen and oxygen atoms in total. The minimum atomic E-state index is -1.75. The van der Waals surface area contributed by atoms with Crippen molar-refractivity contribution in [3.63, 3.8) is 0 Å². The zero-order chi connectivity index (χ0) is 16.6. The number of nitrogens with one attached hydrogen (secondary N) is 1. The third-order valence-electron chi connectivity index (χ3n) is 3.31. The van der Waals surface area contributed by atoms with Crippen molar-refractivity contribution < 1.29 is 32.4 Å². The fourth-order valence-electron chi connectivity index (χ4n) is 2.13. The van der Waals surface area contributed by atoms with Crippen molar-refractivity contribution in [2.45, 2.75) is 6.92 Å². The fraction of sp³-hybridized carbons (Fsp3) is 0.308. The Bertz CT molecular complexity index is 665. The second-order valence-corrected chi connectivity index (χ2v) is 4.63. The van der Waals surface area contributed by atoms with Gasteiger partial charge in [0.15, 0.2) is 17.5 Å². The predicted octanol–water partition coefficient (Wildman–Crippen LogP) is 1.22. The highest BCUT2D eigenvalue weighted by Crippen LogP contribution is 2.28. The van der Waals surface area contributed by atoms with E-state index >= 15 is 0 Å². The molecular weight excluding hydrogens is 305 g/mol. The lowest BCUT2D eigenvalue weighted by molar-refractivity contribution is -0.181. The van der Waals surface area contributed by atoms with Crippen LogP contribution in [-0.4, -0.2) is 29.9 Å². The third-order valence-corrected chi connectivity index (χ3v) is 3.31. The minimum Gasteiger partial charge on any atom is -0.323 e. The van der Waals surface area contributed by atoms with Crippen LogP contribution in [0.2, 0.25) is 0 Å². The van der Waals surface area contributed by atoms with Crippen molar-refractivity contribution in [3.05, 3.63) is 29.6 Å². The third kappa shape index (κ3) is 2.43. The maximum Gasteiger partial charge on any atom is 0.266 e. The van der Waals surface area contributed by atoms with E-state index in [4.69, 9.17) is 0 Å². The lowest BCUT2D eigenvalue weighted by Gasteiger charge is -2.13. The summed E-state index contributed by atoms with van der Waals surface area (Å²) in [5.41, 5.74) is -0.632. The van der Waals surface area contributed by atoms with E-state index in [9.17, 15) is 27.6 Å². The van der Waals surface area contributed by atoms with E-state index in [1.54, 1.807) is 0 Å². The Balaban J connectivity index is 2.25. The van der Waals surface area contributed by atoms with Crippen LogP contribution in [0.5, 0.6) is 0 Å². The van der Waals surface area contributed by atoms with E-state index < -0.39 is 52.7 Å². The van der Waals surface area contributed by atoms with Gasteiger partial charge in [-0.25, -0.2) is 13.2 Å². The summed E-state index contributed by atoms with van der Waals surface area (Å²) < 4.78 is 39.4. The molecule has 1 N–H and O–H groups in total. The molecule has 0 spiro atoms. The molecule has 0 saturated carbocycles. The number of anilines is 1. The molecule has 0 radical (unpaired) electrons. The average Bonchev–Trinajstić information content (AvgIpc) is 2.69. The van der Waals surface area contributed by atoms with Gasteiger partial charge in [-0.2, -0.15) is 5.06 Å². The Morgan fingerprint density at radius 3 is 2.36 bits per heavy atom. The number of benzene rings is 1. The summed E-state index contributed by atoms with van der Waals surface area (Å²) in [5, 5.41) is 2.40. The standard InChI is InChI=1S/C13H11F3N2O4/c1-5-8(13(21)18(22-2)12(5)20)11(19)17-7-4-3-6(14)9(15)10(7)16/h3-5,8H,1-2H3,(H,17,19). The zero-order valence-electron chi connectivity index (χ0n) is 11.5. The first-order chi connectivity index (χ1) is 10.3. The minimum absolute atomic E-state index is 0.427. The van der Waals surface area contributed by atoms with Crippen molar-refractivity contribution >= 4 is 23.4 Å². The maximum atomic E-state index is 13.5. The SMILES string of the molecule is CON1C(=O)C(C)C(C(=O)Nc2ccc(F)c(F)c2F)C1=O. The molecule has 1 fully saturated rings. The number of imide groups is 1. The normalized spacial score (nSPS) is 21.4. The maximum absolute atomic E-state index is 13.5. The molecule has 3 amide bonds. The first-order valence-electron chi connectivity index (χ1n) is 6.15. The number of nitrogens with zero attached hydrogens (tertiary/aromatic N) is 1. The van der Waals surface area contributed by atoms with Crippen LogP contribution in [0, 0.1) is 29.3 Å². The molecule has 1 aromatic carbocycles. The summed E-state index contributed by atoms with van der Waals surface area (Å²) in [6.45, 7) is 1.32. The van der Waals surface area contributed by atoms with Gasteiger partial charge in [0, 0.05) is 0 Å². The molecule has 0 aromatic heterocycles. The van der Waals surface area contributed by atoms with Gasteiger partial charge in [0.25, 0.3) is 11.8 Å². The quantitative estimate of drug-likeness (QED) is 0.517. The summed E-state index contributed by atoms with van der Waals surface area (Å²) >= 11 is 0. The molecule has 1 aliphatic heterocycles. The molecule has 118 valence electrons. The Morgan fingerprint density at radius 1 is 1.18 bits per heavy atom. The van der Waals surface area contributed by atoms with E-state index in [-0.39, 0.29) is 0 Å². The number of hydrogen-bond donors (Lipinski definition) is 1. The summed E-state index contributed by atoms with van der Waals surface area (Å²) in [6, 6.07) is 1.44. The lowest BCUT2D eigenvalue weighted by Crippen LogP contribution is -2.34. The molecule has 0 aliphatic carbocycles. The molecule has 22 heavy (non-hydrogen) atoms. The van der Waals surface area contributed by atoms with Crippen LogP contribution < -0.4 is 5.32 Å². The highest BCUT2D eigenvalue weighted by atomic mass is 19.2. The number of rotatable bonds is 3. The first-order valence-corrected chi connectivity index (χ1v) is 6.15. The summed E-state index contributed by atoms with van der Waals surface area (Å²) in [7, 11) is 1.08. The number of hydroxylamine groups is 2. The Morgan fingerprint density at radius 2 is 1.82 bits per heavy atom. The molecule has 1 aliphatic rings. The topological polar surface area (TPSA) is 75.7 Å². The summed E-state index contributed by atoms with van der Waals surface area (Å²) in [6.07, 6.45) is 0. The van der Waals surface area contributed by atoms with Crippen LogP contribution in [-0.2, 0) is 19.2 Å². The molecule has 1 heterocycles. The van der Waals surface area contributed by atoms with Gasteiger partial charge in [0.05, 0.1) is 18.7 Å². The van der Waals surface area contributed by atoms with E-state index in [1.165, 1.54) is 6.92 Å². The summed E-state index contributed by atoms with van der Waals surface area (Å²) in [5.74, 6) is -9.89. The zero-order valence-corrected chi connectivity index (χ0v) is 11.5. The van der Waals surface area contributed by atoms with Gasteiger partial charge >= 0.3 is 0 Å². The Labute approximate surface area is 122 Å². The largest absolute Gasteiger partial charge is 0.323 e. The monoisotopic (exact) mass is 316 g/mol. The average molecular weight is 316 g/mol. The van der Waals surface area contributed by atoms with Gasteiger partial charge in [-0.15, -0.1) is 0 Å². The smallest absolute Gasteiger partial charge is 0.266 e. The van der Waals surface area contributed by atoms with Gasteiger partial charge < -0.3 is 5.32 Å². The van der Waals surface area contributed by atoms with Crippen LogP contribution in [0.4, 0.5) is 18.9 Å². The molecule has 1 aromatic rings. The van der Waals surface area contributed by atoms with Gasteiger partial charge in [0.2, 0.25) is 5.91 Å². The van der Waals surface area contributed by atoms with Gasteiger partial charge in [-0.1, -0.05) is 6.92 Å². The molecular formula is C13H11F3N2O4. The van der Waals surface area contributed by atoms with Crippen LogP contribution in [0.3, 0.4) is 0 Å². The van der Waals surface area contributed by atoms with E-state index in [0.717, 1.165) is 13.2 Å². The molecule has 2 atom stereocenters. The van der Waals surface area contributed by atoms with E-state index in [2.05, 4.69) is 4.84 Å². The van der Waals surface area contributed by atoms with Gasteiger partial charge in [0.1, 0.15) is 5.92 Å². The highest BCUT2D eigenvalue weighted by molar-refractivity contribution is 6.16. The molecule has 1 saturated heterocycles. The number of halogens is 3. The van der Waals surface area contributed by atoms with Crippen molar-refractivity contribution in [3.8, 4) is 0 Å². The molecule has 9 heteroatoms. The van der Waals surface area contributed by atoms with Gasteiger partial charge in [-0.05, 0) is 12.1 Å². The number of carbonyl (C=O) groups excluding carboxylic acids is 3. The van der Waals surface area contributed by atoms with E-state index in [0.29, 0.717) is 11.1 Å². The van der Waals surface area contributed by atoms with Crippen molar-refractivity contribution in [1.29, 1.82) is 0 Å². The van der Waals surface area contributed by atoms with Crippen molar-refractivity contribution in [1.82, 2.24) is 5.06 Å². The van der Waals surface area contributed by atoms with E-state index in [1.807, 2.05) is 5.32 Å². The van der Waals surface area contributed by atoms with Crippen LogP contribution in [0.1, 0.15) is 6.92 Å². The lowest BCUT2D eigenvalue weighted by atomic mass is 9.96. The second kappa shape index (κ2) is 5.76. The van der Waals surface area contributed by atoms with Crippen LogP contribution >= 0.6 is 0 Å². The number of carbonyl (C=O) groups is 3. The van der Waals surface area contributed by atoms with Gasteiger partial charge in [-0.3, -0.25) is 19.2 Å². The molecule has 0 bridgehead atoms. The van der Waals surface area contributed by atoms with Crippen molar-refractivity contribution in [2.24, 2.45) is 11.8 Å². The molecule has 2 unspecified atom stereocenters. The Hall–Kier alpha value is -2.42. The second-order valence-electron chi connectivity index (χ2n) is 4.63. The Kier molecular flexibility index (Phi) is 4.18.